The van der Waals surface area contributed by atoms with Gasteiger partial charge in [0.05, 0.1) is 20.8 Å². The second kappa shape index (κ2) is 12.0. The zero-order valence-electron chi connectivity index (χ0n) is 20.8. The lowest BCUT2D eigenvalue weighted by atomic mass is 10.1. The van der Waals surface area contributed by atoms with Crippen molar-refractivity contribution in [3.8, 4) is 11.5 Å². The molecule has 0 unspecified atom stereocenters. The summed E-state index contributed by atoms with van der Waals surface area (Å²) < 4.78 is 37.7. The summed E-state index contributed by atoms with van der Waals surface area (Å²) in [6.45, 7) is 2.48. The second-order valence-electron chi connectivity index (χ2n) is 8.37. The summed E-state index contributed by atoms with van der Waals surface area (Å²) in [6.07, 6.45) is 1.41. The molecule has 1 N–H and O–H groups in total. The maximum Gasteiger partial charge on any atom is 0.246 e. The first kappa shape index (κ1) is 26.5. The van der Waals surface area contributed by atoms with Gasteiger partial charge in [-0.2, -0.15) is 0 Å². The van der Waals surface area contributed by atoms with Gasteiger partial charge in [0.15, 0.2) is 0 Å². The zero-order valence-corrected chi connectivity index (χ0v) is 21.6. The lowest BCUT2D eigenvalue weighted by Crippen LogP contribution is -2.31. The fourth-order valence-corrected chi connectivity index (χ4v) is 5.14. The number of aliphatic imine (C=N–C) groups is 1. The van der Waals surface area contributed by atoms with Crippen LogP contribution < -0.4 is 14.8 Å². The molecule has 2 aromatic carbocycles. The average Bonchev–Trinajstić information content (AvgIpc) is 3.42. The van der Waals surface area contributed by atoms with Gasteiger partial charge >= 0.3 is 0 Å². The van der Waals surface area contributed by atoms with Crippen molar-refractivity contribution in [2.75, 3.05) is 54.5 Å². The number of nitrogens with one attached hydrogen (secondary N) is 1. The molecule has 2 aromatic rings. The molecular weight excluding hydrogens is 468 g/mol. The number of carbonyl (C=O) groups is 1. The Morgan fingerprint density at radius 1 is 1.06 bits per heavy atom. The van der Waals surface area contributed by atoms with E-state index in [2.05, 4.69) is 22.4 Å². The SMILES string of the molecule is COc1ccc(OC)c(S(=O)(=O)N(C)CCCC(=O)N(C)CCc2ccc(C3=NCCN3)cc2)c1. The molecule has 0 radical (unpaired) electrons. The predicted octanol–water partition coefficient (Wildman–Crippen LogP) is 2.16. The number of amides is 1. The summed E-state index contributed by atoms with van der Waals surface area (Å²) in [7, 11) is 2.37. The number of sulfonamides is 1. The molecule has 0 atom stereocenters. The first-order chi connectivity index (χ1) is 16.8. The molecule has 0 fully saturated rings. The number of amidine groups is 1. The molecule has 0 spiro atoms. The van der Waals surface area contributed by atoms with E-state index in [-0.39, 0.29) is 29.5 Å². The molecule has 0 saturated carbocycles. The number of hydrogen-bond donors (Lipinski definition) is 1. The van der Waals surface area contributed by atoms with Crippen LogP contribution in [0.25, 0.3) is 0 Å². The minimum absolute atomic E-state index is 0.0177. The molecule has 0 saturated heterocycles. The standard InChI is InChI=1S/C25H34N4O5S/c1-28(17-13-19-7-9-20(10-8-19)25-26-14-15-27-25)24(30)6-5-16-29(2)35(31,32)23-18-21(33-3)11-12-22(23)34-4/h7-12,18H,5-6,13-17H2,1-4H3,(H,26,27). The van der Waals surface area contributed by atoms with Crippen LogP contribution in [-0.4, -0.2) is 83.9 Å². The highest BCUT2D eigenvalue weighted by Crippen LogP contribution is 2.30. The van der Waals surface area contributed by atoms with E-state index in [4.69, 9.17) is 9.47 Å². The Morgan fingerprint density at radius 2 is 1.80 bits per heavy atom. The van der Waals surface area contributed by atoms with Gasteiger partial charge in [-0.05, 0) is 30.5 Å². The maximum atomic E-state index is 13.0. The third-order valence-electron chi connectivity index (χ3n) is 5.99. The van der Waals surface area contributed by atoms with Crippen molar-refractivity contribution >= 4 is 21.8 Å². The molecule has 1 aliphatic heterocycles. The van der Waals surface area contributed by atoms with Crippen LogP contribution >= 0.6 is 0 Å². The Hall–Kier alpha value is -3.11. The summed E-state index contributed by atoms with van der Waals surface area (Å²) in [5, 5.41) is 3.26. The number of methoxy groups -OCH3 is 2. The van der Waals surface area contributed by atoms with Gasteiger partial charge in [0.2, 0.25) is 15.9 Å². The minimum Gasteiger partial charge on any atom is -0.497 e. The molecule has 1 amide bonds. The topological polar surface area (TPSA) is 101 Å². The van der Waals surface area contributed by atoms with E-state index in [0.29, 0.717) is 18.7 Å². The van der Waals surface area contributed by atoms with Gasteiger partial charge in [0.25, 0.3) is 0 Å². The third-order valence-corrected chi connectivity index (χ3v) is 7.86. The number of rotatable bonds is 12. The Morgan fingerprint density at radius 3 is 2.43 bits per heavy atom. The maximum absolute atomic E-state index is 13.0. The van der Waals surface area contributed by atoms with Crippen molar-refractivity contribution < 1.29 is 22.7 Å². The minimum atomic E-state index is -3.80. The molecule has 1 aliphatic rings. The molecule has 9 nitrogen and oxygen atoms in total. The third kappa shape index (κ3) is 6.73. The van der Waals surface area contributed by atoms with E-state index in [9.17, 15) is 13.2 Å². The van der Waals surface area contributed by atoms with Crippen molar-refractivity contribution in [2.45, 2.75) is 24.2 Å². The van der Waals surface area contributed by atoms with Gasteiger partial charge < -0.3 is 19.7 Å². The van der Waals surface area contributed by atoms with E-state index in [1.807, 2.05) is 12.1 Å². The van der Waals surface area contributed by atoms with Crippen LogP contribution in [0.5, 0.6) is 11.5 Å². The largest absolute Gasteiger partial charge is 0.497 e. The van der Waals surface area contributed by atoms with E-state index >= 15 is 0 Å². The highest BCUT2D eigenvalue weighted by atomic mass is 32.2. The lowest BCUT2D eigenvalue weighted by molar-refractivity contribution is -0.130. The summed E-state index contributed by atoms with van der Waals surface area (Å²) in [5.74, 6) is 1.58. The van der Waals surface area contributed by atoms with Crippen LogP contribution in [0.4, 0.5) is 0 Å². The normalized spacial score (nSPS) is 13.3. The lowest BCUT2D eigenvalue weighted by Gasteiger charge is -2.20. The molecule has 10 heteroatoms. The van der Waals surface area contributed by atoms with Crippen molar-refractivity contribution in [3.63, 3.8) is 0 Å². The van der Waals surface area contributed by atoms with Gasteiger partial charge in [-0.25, -0.2) is 12.7 Å². The predicted molar refractivity (Wildman–Crippen MR) is 136 cm³/mol. The number of carbonyl (C=O) groups excluding carboxylic acids is 1. The van der Waals surface area contributed by atoms with Gasteiger partial charge in [-0.3, -0.25) is 9.79 Å². The molecular formula is C25H34N4O5S. The van der Waals surface area contributed by atoms with E-state index < -0.39 is 10.0 Å². The van der Waals surface area contributed by atoms with Crippen molar-refractivity contribution in [2.24, 2.45) is 4.99 Å². The van der Waals surface area contributed by atoms with Gasteiger partial charge in [0.1, 0.15) is 22.2 Å². The van der Waals surface area contributed by atoms with Crippen LogP contribution in [0, 0.1) is 0 Å². The zero-order chi connectivity index (χ0) is 25.4. The van der Waals surface area contributed by atoms with E-state index in [1.165, 1.54) is 31.6 Å². The van der Waals surface area contributed by atoms with E-state index in [1.54, 1.807) is 24.1 Å². The molecule has 0 aromatic heterocycles. The van der Waals surface area contributed by atoms with Gasteiger partial charge in [-0.1, -0.05) is 24.3 Å². The number of likely N-dealkylation sites (N-methyl/N-ethyl adjacent to an activating group) is 1. The smallest absolute Gasteiger partial charge is 0.246 e. The van der Waals surface area contributed by atoms with E-state index in [0.717, 1.165) is 36.5 Å². The van der Waals surface area contributed by atoms with Crippen LogP contribution in [0.15, 0.2) is 52.4 Å². The quantitative estimate of drug-likeness (QED) is 0.477. The highest BCUT2D eigenvalue weighted by Gasteiger charge is 2.25. The first-order valence-corrected chi connectivity index (χ1v) is 13.0. The Labute approximate surface area is 207 Å². The van der Waals surface area contributed by atoms with Crippen LogP contribution in [0.3, 0.4) is 0 Å². The monoisotopic (exact) mass is 502 g/mol. The van der Waals surface area contributed by atoms with Crippen molar-refractivity contribution in [3.05, 3.63) is 53.6 Å². The van der Waals surface area contributed by atoms with Crippen LogP contribution in [-0.2, 0) is 21.2 Å². The summed E-state index contributed by atoms with van der Waals surface area (Å²) in [4.78, 5) is 18.7. The highest BCUT2D eigenvalue weighted by molar-refractivity contribution is 7.89. The molecule has 1 heterocycles. The molecule has 190 valence electrons. The van der Waals surface area contributed by atoms with Crippen LogP contribution in [0.1, 0.15) is 24.0 Å². The summed E-state index contributed by atoms with van der Waals surface area (Å²) in [6, 6.07) is 12.8. The molecule has 3 rings (SSSR count). The summed E-state index contributed by atoms with van der Waals surface area (Å²) in [5.41, 5.74) is 2.21. The van der Waals surface area contributed by atoms with Crippen molar-refractivity contribution in [1.82, 2.24) is 14.5 Å². The van der Waals surface area contributed by atoms with Crippen molar-refractivity contribution in [1.29, 1.82) is 0 Å². The van der Waals surface area contributed by atoms with Gasteiger partial charge in [-0.15, -0.1) is 0 Å². The second-order valence-corrected chi connectivity index (χ2v) is 10.4. The first-order valence-electron chi connectivity index (χ1n) is 11.6. The number of nitrogens with zero attached hydrogens (tertiary/aromatic N) is 3. The Bertz CT molecular complexity index is 1150. The Kier molecular flexibility index (Phi) is 9.11. The number of ether oxygens (including phenoxy) is 2. The summed E-state index contributed by atoms with van der Waals surface area (Å²) >= 11 is 0. The number of hydrogen-bond acceptors (Lipinski definition) is 7. The van der Waals surface area contributed by atoms with Gasteiger partial charge in [0, 0.05) is 51.8 Å². The van der Waals surface area contributed by atoms with Crippen LogP contribution in [0.2, 0.25) is 0 Å². The molecule has 0 aliphatic carbocycles. The number of benzene rings is 2. The average molecular weight is 503 g/mol. The molecule has 35 heavy (non-hydrogen) atoms. The fourth-order valence-electron chi connectivity index (χ4n) is 3.76. The molecule has 0 bridgehead atoms. The Balaban J connectivity index is 1.47. The fraction of sp³-hybridized carbons (Fsp3) is 0.440.